The summed E-state index contributed by atoms with van der Waals surface area (Å²) in [4.78, 5) is 26.0. The van der Waals surface area contributed by atoms with Gasteiger partial charge in [0.1, 0.15) is 11.8 Å². The monoisotopic (exact) mass is 315 g/mol. The third kappa shape index (κ3) is 2.78. The van der Waals surface area contributed by atoms with Gasteiger partial charge in [0, 0.05) is 17.2 Å². The number of carboxylic acid groups (broad SMARTS) is 1. The molecular weight excluding hydrogens is 298 g/mol. The fourth-order valence-corrected chi connectivity index (χ4v) is 4.42. The Labute approximate surface area is 125 Å². The van der Waals surface area contributed by atoms with Crippen molar-refractivity contribution in [3.63, 3.8) is 0 Å². The average Bonchev–Trinajstić information content (AvgIpc) is 3.04. The minimum absolute atomic E-state index is 0.100. The maximum Gasteiger partial charge on any atom is 0.327 e. The Balaban J connectivity index is 2.29. The number of hydrogen-bond donors (Lipinski definition) is 1. The Morgan fingerprint density at radius 3 is 2.70 bits per heavy atom. The highest BCUT2D eigenvalue weighted by Gasteiger charge is 2.43. The molecule has 0 radical (unpaired) electrons. The lowest BCUT2D eigenvalue weighted by Crippen LogP contribution is -2.46. The summed E-state index contributed by atoms with van der Waals surface area (Å²) in [6, 6.07) is 0.903. The number of thiophene rings is 1. The fourth-order valence-electron chi connectivity index (χ4n) is 2.15. The van der Waals surface area contributed by atoms with E-state index in [2.05, 4.69) is 0 Å². The molecule has 0 bridgehead atoms. The van der Waals surface area contributed by atoms with Crippen LogP contribution >= 0.6 is 23.1 Å². The number of methoxy groups -OCH3 is 1. The molecule has 1 amide bonds. The van der Waals surface area contributed by atoms with E-state index in [0.717, 1.165) is 0 Å². The van der Waals surface area contributed by atoms with Crippen LogP contribution in [-0.4, -0.2) is 46.2 Å². The van der Waals surface area contributed by atoms with E-state index in [1.54, 1.807) is 18.6 Å². The number of ether oxygens (including phenoxy) is 1. The molecule has 0 aromatic carbocycles. The van der Waals surface area contributed by atoms with Crippen molar-refractivity contribution in [1.29, 1.82) is 0 Å². The van der Waals surface area contributed by atoms with Crippen molar-refractivity contribution < 1.29 is 19.4 Å². The van der Waals surface area contributed by atoms with E-state index < -0.39 is 12.0 Å². The van der Waals surface area contributed by atoms with Crippen molar-refractivity contribution in [1.82, 2.24) is 4.90 Å². The highest BCUT2D eigenvalue weighted by Crippen LogP contribution is 2.36. The number of nitrogens with zero attached hydrogens (tertiary/aromatic N) is 1. The van der Waals surface area contributed by atoms with Gasteiger partial charge in [0.15, 0.2) is 0 Å². The number of thioether (sulfide) groups is 1. The van der Waals surface area contributed by atoms with Gasteiger partial charge in [-0.3, -0.25) is 4.79 Å². The predicted molar refractivity (Wildman–Crippen MR) is 79.5 cm³/mol. The molecule has 2 atom stereocenters. The molecule has 1 aromatic heterocycles. The Morgan fingerprint density at radius 2 is 2.20 bits per heavy atom. The Hall–Kier alpha value is -1.21. The molecule has 1 fully saturated rings. The smallest absolute Gasteiger partial charge is 0.327 e. The van der Waals surface area contributed by atoms with E-state index in [-0.39, 0.29) is 17.2 Å². The van der Waals surface area contributed by atoms with Gasteiger partial charge < -0.3 is 14.7 Å². The first-order valence-electron chi connectivity index (χ1n) is 6.25. The molecule has 1 aliphatic heterocycles. The predicted octanol–water partition coefficient (Wildman–Crippen LogP) is 2.38. The molecule has 7 heteroatoms. The van der Waals surface area contributed by atoms with Crippen molar-refractivity contribution in [2.75, 3.05) is 12.9 Å². The molecule has 5 nitrogen and oxygen atoms in total. The lowest BCUT2D eigenvalue weighted by Gasteiger charge is -2.29. The SMILES string of the molecule is COc1csc(C(=O)N2C(C(=O)O)CSC2C(C)C)c1. The summed E-state index contributed by atoms with van der Waals surface area (Å²) >= 11 is 2.81. The van der Waals surface area contributed by atoms with Gasteiger partial charge in [-0.05, 0) is 5.92 Å². The minimum atomic E-state index is -0.947. The van der Waals surface area contributed by atoms with Crippen molar-refractivity contribution >= 4 is 35.0 Å². The number of carbonyl (C=O) groups excluding carboxylic acids is 1. The highest BCUT2D eigenvalue weighted by molar-refractivity contribution is 8.00. The van der Waals surface area contributed by atoms with Crippen molar-refractivity contribution in [2.45, 2.75) is 25.3 Å². The van der Waals surface area contributed by atoms with E-state index in [9.17, 15) is 14.7 Å². The molecule has 1 saturated heterocycles. The quantitative estimate of drug-likeness (QED) is 0.924. The van der Waals surface area contributed by atoms with Crippen molar-refractivity contribution in [2.24, 2.45) is 5.92 Å². The van der Waals surface area contributed by atoms with Crippen LogP contribution in [0.4, 0.5) is 0 Å². The Morgan fingerprint density at radius 1 is 1.50 bits per heavy atom. The van der Waals surface area contributed by atoms with Gasteiger partial charge in [-0.15, -0.1) is 23.1 Å². The topological polar surface area (TPSA) is 66.8 Å². The van der Waals surface area contributed by atoms with Crippen LogP contribution in [0.25, 0.3) is 0 Å². The van der Waals surface area contributed by atoms with Crippen LogP contribution in [0.1, 0.15) is 23.5 Å². The van der Waals surface area contributed by atoms with Crippen LogP contribution in [0.3, 0.4) is 0 Å². The summed E-state index contributed by atoms with van der Waals surface area (Å²) in [6.07, 6.45) is 0. The number of aliphatic carboxylic acids is 1. The first-order chi connectivity index (χ1) is 9.45. The summed E-state index contributed by atoms with van der Waals surface area (Å²) in [7, 11) is 1.54. The largest absolute Gasteiger partial charge is 0.496 e. The second-order valence-corrected chi connectivity index (χ2v) is 6.95. The minimum Gasteiger partial charge on any atom is -0.496 e. The second-order valence-electron chi connectivity index (χ2n) is 4.89. The summed E-state index contributed by atoms with van der Waals surface area (Å²) in [6.45, 7) is 3.99. The van der Waals surface area contributed by atoms with Crippen LogP contribution in [-0.2, 0) is 4.79 Å². The molecule has 1 aliphatic rings. The van der Waals surface area contributed by atoms with Crippen LogP contribution in [0.5, 0.6) is 5.75 Å². The molecule has 0 saturated carbocycles. The number of hydrogen-bond acceptors (Lipinski definition) is 5. The zero-order chi connectivity index (χ0) is 14.9. The molecular formula is C13H17NO4S2. The van der Waals surface area contributed by atoms with Gasteiger partial charge in [0.2, 0.25) is 0 Å². The van der Waals surface area contributed by atoms with Crippen LogP contribution in [0.15, 0.2) is 11.4 Å². The normalized spacial score (nSPS) is 22.3. The summed E-state index contributed by atoms with van der Waals surface area (Å²) in [5, 5.41) is 10.9. The first-order valence-corrected chi connectivity index (χ1v) is 8.18. The van der Waals surface area contributed by atoms with E-state index in [4.69, 9.17) is 4.74 Å². The van der Waals surface area contributed by atoms with Gasteiger partial charge in [-0.25, -0.2) is 4.79 Å². The third-order valence-electron chi connectivity index (χ3n) is 3.15. The maximum absolute atomic E-state index is 12.6. The van der Waals surface area contributed by atoms with E-state index >= 15 is 0 Å². The van der Waals surface area contributed by atoms with E-state index in [0.29, 0.717) is 16.4 Å². The zero-order valence-electron chi connectivity index (χ0n) is 11.5. The number of rotatable bonds is 4. The lowest BCUT2D eigenvalue weighted by molar-refractivity contribution is -0.141. The van der Waals surface area contributed by atoms with Gasteiger partial charge in [-0.2, -0.15) is 0 Å². The van der Waals surface area contributed by atoms with Crippen molar-refractivity contribution in [3.05, 3.63) is 16.3 Å². The standard InChI is InChI=1S/C13H17NO4S2/c1-7(2)12-14(9(6-20-12)13(16)17)11(15)10-4-8(18-3)5-19-10/h4-5,7,9,12H,6H2,1-3H3,(H,16,17). The van der Waals surface area contributed by atoms with Crippen molar-refractivity contribution in [3.8, 4) is 5.75 Å². The number of carboxylic acids is 1. The van der Waals surface area contributed by atoms with E-state index in [1.165, 1.54) is 28.0 Å². The average molecular weight is 315 g/mol. The molecule has 2 unspecified atom stereocenters. The highest BCUT2D eigenvalue weighted by atomic mass is 32.2. The molecule has 0 aliphatic carbocycles. The molecule has 110 valence electrons. The third-order valence-corrected chi connectivity index (χ3v) is 5.66. The molecule has 1 aromatic rings. The summed E-state index contributed by atoms with van der Waals surface area (Å²) < 4.78 is 5.07. The van der Waals surface area contributed by atoms with Gasteiger partial charge >= 0.3 is 5.97 Å². The fraction of sp³-hybridized carbons (Fsp3) is 0.538. The maximum atomic E-state index is 12.6. The summed E-state index contributed by atoms with van der Waals surface area (Å²) in [5.74, 6) is 0.0899. The van der Waals surface area contributed by atoms with Crippen LogP contribution < -0.4 is 4.74 Å². The van der Waals surface area contributed by atoms with Gasteiger partial charge in [-0.1, -0.05) is 13.8 Å². The molecule has 0 spiro atoms. The Kier molecular flexibility index (Phi) is 4.59. The van der Waals surface area contributed by atoms with Crippen LogP contribution in [0, 0.1) is 5.92 Å². The lowest BCUT2D eigenvalue weighted by atomic mass is 10.1. The molecule has 2 rings (SSSR count). The summed E-state index contributed by atoms with van der Waals surface area (Å²) in [5.41, 5.74) is 0. The number of carbonyl (C=O) groups is 2. The molecule has 20 heavy (non-hydrogen) atoms. The first kappa shape index (κ1) is 15.2. The zero-order valence-corrected chi connectivity index (χ0v) is 13.2. The second kappa shape index (κ2) is 6.05. The molecule has 2 heterocycles. The molecule has 1 N–H and O–H groups in total. The van der Waals surface area contributed by atoms with Gasteiger partial charge in [0.25, 0.3) is 5.91 Å². The number of amides is 1. The Bertz CT molecular complexity index is 514. The van der Waals surface area contributed by atoms with Crippen LogP contribution in [0.2, 0.25) is 0 Å². The van der Waals surface area contributed by atoms with E-state index in [1.807, 2.05) is 13.8 Å². The van der Waals surface area contributed by atoms with Gasteiger partial charge in [0.05, 0.1) is 17.4 Å².